The molecule has 0 aliphatic carbocycles. The lowest BCUT2D eigenvalue weighted by molar-refractivity contribution is -0.117. The quantitative estimate of drug-likeness (QED) is 0.849. The number of rotatable bonds is 5. The number of benzene rings is 2. The molecule has 0 aliphatic rings. The Morgan fingerprint density at radius 3 is 1.87 bits per heavy atom. The topological polar surface area (TPSA) is 55.1 Å². The van der Waals surface area contributed by atoms with E-state index in [1.165, 1.54) is 0 Å². The highest BCUT2D eigenvalue weighted by molar-refractivity contribution is 5.96. The molecular formula is C20H26N2O. The van der Waals surface area contributed by atoms with Gasteiger partial charge in [-0.1, -0.05) is 76.2 Å². The summed E-state index contributed by atoms with van der Waals surface area (Å²) in [5.74, 6) is 0.486. The molecule has 2 aromatic rings. The summed E-state index contributed by atoms with van der Waals surface area (Å²) in [6.45, 7) is 8.52. The highest BCUT2D eigenvalue weighted by Gasteiger charge is 2.20. The van der Waals surface area contributed by atoms with Gasteiger partial charge in [-0.2, -0.15) is 0 Å². The molecule has 0 radical (unpaired) electrons. The fraction of sp³-hybridized carbons (Fsp3) is 0.350. The summed E-state index contributed by atoms with van der Waals surface area (Å²) < 4.78 is 0. The third kappa shape index (κ3) is 3.99. The molecule has 23 heavy (non-hydrogen) atoms. The molecule has 0 spiro atoms. The number of carbonyl (C=O) groups is 1. The van der Waals surface area contributed by atoms with Crippen LogP contribution in [0.15, 0.2) is 48.5 Å². The first kappa shape index (κ1) is 17.2. The number of nitrogens with one attached hydrogen (secondary N) is 1. The number of anilines is 1. The molecule has 0 aliphatic heterocycles. The Labute approximate surface area is 138 Å². The van der Waals surface area contributed by atoms with Crippen LogP contribution in [0.3, 0.4) is 0 Å². The molecule has 2 rings (SSSR count). The summed E-state index contributed by atoms with van der Waals surface area (Å²) in [7, 11) is 0. The predicted octanol–water partition coefficient (Wildman–Crippen LogP) is 4.57. The van der Waals surface area contributed by atoms with Crippen LogP contribution in [0.25, 0.3) is 0 Å². The van der Waals surface area contributed by atoms with E-state index in [9.17, 15) is 4.79 Å². The minimum atomic E-state index is -0.670. The monoisotopic (exact) mass is 310 g/mol. The summed E-state index contributed by atoms with van der Waals surface area (Å²) in [6.07, 6.45) is 0. The average Bonchev–Trinajstić information content (AvgIpc) is 2.54. The summed E-state index contributed by atoms with van der Waals surface area (Å²) in [6, 6.07) is 15.0. The van der Waals surface area contributed by atoms with Crippen LogP contribution in [0.5, 0.6) is 0 Å². The second-order valence-corrected chi connectivity index (χ2v) is 6.50. The Bertz CT molecular complexity index is 636. The van der Waals surface area contributed by atoms with Crippen molar-refractivity contribution in [1.82, 2.24) is 0 Å². The Morgan fingerprint density at radius 2 is 1.39 bits per heavy atom. The molecule has 1 atom stereocenters. The van der Waals surface area contributed by atoms with Gasteiger partial charge in [0.25, 0.3) is 0 Å². The molecule has 122 valence electrons. The molecular weight excluding hydrogens is 284 g/mol. The molecule has 0 saturated carbocycles. The molecule has 3 heteroatoms. The lowest BCUT2D eigenvalue weighted by atomic mass is 9.92. The standard InChI is InChI=1S/C20H26N2O/c1-13(2)16-11-8-12-17(14(3)4)19(16)22-20(23)18(21)15-9-6-5-7-10-15/h5-14,18H,21H2,1-4H3,(H,22,23)/t18-/m0/s1. The molecule has 0 saturated heterocycles. The maximum absolute atomic E-state index is 12.6. The SMILES string of the molecule is CC(C)c1cccc(C(C)C)c1NC(=O)[C@@H](N)c1ccccc1. The number of amides is 1. The maximum Gasteiger partial charge on any atom is 0.245 e. The van der Waals surface area contributed by atoms with E-state index in [0.29, 0.717) is 11.8 Å². The number of hydrogen-bond donors (Lipinski definition) is 2. The third-order valence-corrected chi connectivity index (χ3v) is 4.06. The Morgan fingerprint density at radius 1 is 0.870 bits per heavy atom. The minimum Gasteiger partial charge on any atom is -0.324 e. The van der Waals surface area contributed by atoms with Gasteiger partial charge in [-0.05, 0) is 28.5 Å². The van der Waals surface area contributed by atoms with Crippen molar-refractivity contribution < 1.29 is 4.79 Å². The molecule has 0 aromatic heterocycles. The molecule has 0 fully saturated rings. The highest BCUT2D eigenvalue weighted by atomic mass is 16.2. The van der Waals surface area contributed by atoms with Crippen LogP contribution in [0, 0.1) is 0 Å². The van der Waals surface area contributed by atoms with Crippen molar-refractivity contribution in [3.05, 3.63) is 65.2 Å². The van der Waals surface area contributed by atoms with Crippen LogP contribution in [0.4, 0.5) is 5.69 Å². The van der Waals surface area contributed by atoms with Gasteiger partial charge in [-0.3, -0.25) is 4.79 Å². The zero-order valence-electron chi connectivity index (χ0n) is 14.3. The number of nitrogens with two attached hydrogens (primary N) is 1. The molecule has 0 heterocycles. The minimum absolute atomic E-state index is 0.175. The van der Waals surface area contributed by atoms with Crippen LogP contribution >= 0.6 is 0 Å². The normalized spacial score (nSPS) is 12.5. The third-order valence-electron chi connectivity index (χ3n) is 4.06. The van der Waals surface area contributed by atoms with Crippen LogP contribution in [0.2, 0.25) is 0 Å². The summed E-state index contributed by atoms with van der Waals surface area (Å²) in [4.78, 5) is 12.6. The maximum atomic E-state index is 12.6. The fourth-order valence-corrected chi connectivity index (χ4v) is 2.71. The van der Waals surface area contributed by atoms with Gasteiger partial charge in [0.2, 0.25) is 5.91 Å². The van der Waals surface area contributed by atoms with E-state index in [1.807, 2.05) is 30.3 Å². The molecule has 2 aromatic carbocycles. The number of para-hydroxylation sites is 1. The largest absolute Gasteiger partial charge is 0.324 e. The first-order chi connectivity index (χ1) is 10.9. The van der Waals surface area contributed by atoms with Crippen molar-refractivity contribution >= 4 is 11.6 Å². The molecule has 1 amide bonds. The van der Waals surface area contributed by atoms with Gasteiger partial charge in [0.1, 0.15) is 6.04 Å². The van der Waals surface area contributed by atoms with Gasteiger partial charge in [0, 0.05) is 5.69 Å². The lowest BCUT2D eigenvalue weighted by Gasteiger charge is -2.21. The van der Waals surface area contributed by atoms with Gasteiger partial charge in [-0.15, -0.1) is 0 Å². The lowest BCUT2D eigenvalue weighted by Crippen LogP contribution is -2.28. The van der Waals surface area contributed by atoms with Crippen molar-refractivity contribution in [2.45, 2.75) is 45.6 Å². The van der Waals surface area contributed by atoms with Crippen molar-refractivity contribution in [2.75, 3.05) is 5.32 Å². The first-order valence-electron chi connectivity index (χ1n) is 8.16. The fourth-order valence-electron chi connectivity index (χ4n) is 2.71. The van der Waals surface area contributed by atoms with Gasteiger partial charge < -0.3 is 11.1 Å². The Hall–Kier alpha value is -2.13. The van der Waals surface area contributed by atoms with E-state index >= 15 is 0 Å². The highest BCUT2D eigenvalue weighted by Crippen LogP contribution is 2.32. The van der Waals surface area contributed by atoms with Gasteiger partial charge in [0.15, 0.2) is 0 Å². The van der Waals surface area contributed by atoms with Crippen molar-refractivity contribution in [2.24, 2.45) is 5.73 Å². The van der Waals surface area contributed by atoms with Crippen molar-refractivity contribution in [1.29, 1.82) is 0 Å². The Kier molecular flexibility index (Phi) is 5.56. The summed E-state index contributed by atoms with van der Waals surface area (Å²) >= 11 is 0. The van der Waals surface area contributed by atoms with E-state index in [1.54, 1.807) is 0 Å². The predicted molar refractivity (Wildman–Crippen MR) is 96.6 cm³/mol. The zero-order valence-corrected chi connectivity index (χ0v) is 14.3. The Balaban J connectivity index is 2.33. The van der Waals surface area contributed by atoms with Crippen LogP contribution in [-0.4, -0.2) is 5.91 Å². The second kappa shape index (κ2) is 7.42. The summed E-state index contributed by atoms with van der Waals surface area (Å²) in [5, 5.41) is 3.08. The van der Waals surface area contributed by atoms with E-state index < -0.39 is 6.04 Å². The molecule has 0 unspecified atom stereocenters. The second-order valence-electron chi connectivity index (χ2n) is 6.50. The van der Waals surface area contributed by atoms with Gasteiger partial charge >= 0.3 is 0 Å². The van der Waals surface area contributed by atoms with E-state index in [2.05, 4.69) is 51.2 Å². The molecule has 3 nitrogen and oxygen atoms in total. The zero-order chi connectivity index (χ0) is 17.0. The van der Waals surface area contributed by atoms with Crippen LogP contribution < -0.4 is 11.1 Å². The average molecular weight is 310 g/mol. The first-order valence-corrected chi connectivity index (χ1v) is 8.16. The van der Waals surface area contributed by atoms with Gasteiger partial charge in [-0.25, -0.2) is 0 Å². The van der Waals surface area contributed by atoms with E-state index in [0.717, 1.165) is 22.4 Å². The van der Waals surface area contributed by atoms with Crippen molar-refractivity contribution in [3.8, 4) is 0 Å². The van der Waals surface area contributed by atoms with Crippen LogP contribution in [0.1, 0.15) is 62.3 Å². The van der Waals surface area contributed by atoms with E-state index in [4.69, 9.17) is 5.73 Å². The van der Waals surface area contributed by atoms with E-state index in [-0.39, 0.29) is 5.91 Å². The molecule has 3 N–H and O–H groups in total. The molecule has 0 bridgehead atoms. The van der Waals surface area contributed by atoms with Crippen LogP contribution in [-0.2, 0) is 4.79 Å². The number of hydrogen-bond acceptors (Lipinski definition) is 2. The smallest absolute Gasteiger partial charge is 0.245 e. The number of carbonyl (C=O) groups excluding carboxylic acids is 1. The van der Waals surface area contributed by atoms with Crippen molar-refractivity contribution in [3.63, 3.8) is 0 Å². The van der Waals surface area contributed by atoms with Gasteiger partial charge in [0.05, 0.1) is 0 Å². The summed E-state index contributed by atoms with van der Waals surface area (Å²) in [5.41, 5.74) is 10.1.